The zero-order chi connectivity index (χ0) is 17.1. The molecule has 0 saturated carbocycles. The Morgan fingerprint density at radius 3 is 2.71 bits per heavy atom. The number of methoxy groups -OCH3 is 1. The first-order chi connectivity index (χ1) is 11.6. The maximum Gasteiger partial charge on any atom is 0.228 e. The fourth-order valence-electron chi connectivity index (χ4n) is 3.56. The van der Waals surface area contributed by atoms with Gasteiger partial charge in [0.05, 0.1) is 24.8 Å². The number of halogens is 1. The van der Waals surface area contributed by atoms with Crippen molar-refractivity contribution in [2.75, 3.05) is 44.8 Å². The van der Waals surface area contributed by atoms with Gasteiger partial charge in [0, 0.05) is 38.9 Å². The minimum atomic E-state index is -0.310. The summed E-state index contributed by atoms with van der Waals surface area (Å²) in [4.78, 5) is 16.8. The van der Waals surface area contributed by atoms with Crippen LogP contribution in [0.3, 0.4) is 0 Å². The minimum absolute atomic E-state index is 0.00136. The molecule has 2 aliphatic rings. The molecule has 2 saturated heterocycles. The second-order valence-corrected chi connectivity index (χ2v) is 6.45. The highest BCUT2D eigenvalue weighted by Crippen LogP contribution is 2.30. The number of rotatable bonds is 3. The maximum absolute atomic E-state index is 13.3. The molecule has 0 radical (unpaired) electrons. The number of amides is 1. The highest BCUT2D eigenvalue weighted by atomic mass is 19.1. The van der Waals surface area contributed by atoms with Gasteiger partial charge in [0.25, 0.3) is 0 Å². The Labute approximate surface area is 142 Å². The number of hydrogen-bond acceptors (Lipinski definition) is 4. The lowest BCUT2D eigenvalue weighted by molar-refractivity contribution is -0.144. The maximum atomic E-state index is 13.3. The highest BCUT2D eigenvalue weighted by Gasteiger charge is 2.33. The van der Waals surface area contributed by atoms with Crippen LogP contribution in [0.15, 0.2) is 18.2 Å². The van der Waals surface area contributed by atoms with E-state index >= 15 is 0 Å². The van der Waals surface area contributed by atoms with Gasteiger partial charge in [-0.2, -0.15) is 0 Å². The molecule has 24 heavy (non-hydrogen) atoms. The van der Waals surface area contributed by atoms with Gasteiger partial charge in [-0.3, -0.25) is 4.79 Å². The minimum Gasteiger partial charge on any atom is -0.494 e. The number of nitrogens with zero attached hydrogens (tertiary/aromatic N) is 2. The molecule has 132 valence electrons. The molecule has 2 fully saturated rings. The van der Waals surface area contributed by atoms with Gasteiger partial charge >= 0.3 is 0 Å². The van der Waals surface area contributed by atoms with E-state index < -0.39 is 0 Å². The van der Waals surface area contributed by atoms with Gasteiger partial charge in [0.15, 0.2) is 0 Å². The predicted octanol–water partition coefficient (Wildman–Crippen LogP) is 2.30. The topological polar surface area (TPSA) is 42.0 Å². The predicted molar refractivity (Wildman–Crippen MR) is 89.9 cm³/mol. The Bertz CT molecular complexity index is 588. The van der Waals surface area contributed by atoms with E-state index in [1.54, 1.807) is 13.2 Å². The fraction of sp³-hybridized carbons (Fsp3) is 0.611. The van der Waals surface area contributed by atoms with Crippen molar-refractivity contribution in [1.82, 2.24) is 4.90 Å². The van der Waals surface area contributed by atoms with E-state index in [2.05, 4.69) is 4.90 Å². The standard InChI is InChI=1S/C18H25FN2O3/c1-13-15(4-3-11-24-13)18(22)21-9-7-20(8-10-21)16-6-5-14(19)12-17(16)23-2/h5-6,12-13,15H,3-4,7-11H2,1-2H3/t13-,15+/m0/s1. The summed E-state index contributed by atoms with van der Waals surface area (Å²) in [7, 11) is 1.54. The summed E-state index contributed by atoms with van der Waals surface area (Å²) in [6, 6.07) is 4.58. The van der Waals surface area contributed by atoms with Gasteiger partial charge in [-0.25, -0.2) is 4.39 Å². The summed E-state index contributed by atoms with van der Waals surface area (Å²) in [5, 5.41) is 0. The molecule has 1 aromatic carbocycles. The van der Waals surface area contributed by atoms with Crippen molar-refractivity contribution in [3.8, 4) is 5.75 Å². The Morgan fingerprint density at radius 2 is 2.04 bits per heavy atom. The molecule has 0 spiro atoms. The van der Waals surface area contributed by atoms with Gasteiger partial charge in [0.2, 0.25) is 5.91 Å². The molecular weight excluding hydrogens is 311 g/mol. The van der Waals surface area contributed by atoms with Crippen molar-refractivity contribution in [2.24, 2.45) is 5.92 Å². The van der Waals surface area contributed by atoms with Crippen LogP contribution in [-0.2, 0) is 9.53 Å². The molecule has 0 unspecified atom stereocenters. The summed E-state index contributed by atoms with van der Waals surface area (Å²) in [6.07, 6.45) is 1.86. The number of carbonyl (C=O) groups is 1. The molecular formula is C18H25FN2O3. The van der Waals surface area contributed by atoms with Crippen LogP contribution in [0.2, 0.25) is 0 Å². The largest absolute Gasteiger partial charge is 0.494 e. The molecule has 1 aromatic rings. The number of piperazine rings is 1. The zero-order valence-electron chi connectivity index (χ0n) is 14.3. The van der Waals surface area contributed by atoms with Gasteiger partial charge in [-0.1, -0.05) is 0 Å². The molecule has 2 atom stereocenters. The molecule has 2 aliphatic heterocycles. The number of ether oxygens (including phenoxy) is 2. The third-order valence-corrected chi connectivity index (χ3v) is 5.00. The summed E-state index contributed by atoms with van der Waals surface area (Å²) in [5.41, 5.74) is 0.875. The van der Waals surface area contributed by atoms with Crippen molar-refractivity contribution >= 4 is 11.6 Å². The zero-order valence-corrected chi connectivity index (χ0v) is 14.3. The van der Waals surface area contributed by atoms with Crippen LogP contribution in [0.5, 0.6) is 5.75 Å². The van der Waals surface area contributed by atoms with Gasteiger partial charge in [0.1, 0.15) is 11.6 Å². The molecule has 3 rings (SSSR count). The van der Waals surface area contributed by atoms with Crippen LogP contribution in [0.4, 0.5) is 10.1 Å². The van der Waals surface area contributed by atoms with Gasteiger partial charge in [-0.05, 0) is 31.9 Å². The third kappa shape index (κ3) is 3.48. The van der Waals surface area contributed by atoms with Crippen LogP contribution >= 0.6 is 0 Å². The molecule has 0 aromatic heterocycles. The molecule has 6 heteroatoms. The first kappa shape index (κ1) is 17.0. The van der Waals surface area contributed by atoms with E-state index in [4.69, 9.17) is 9.47 Å². The molecule has 0 bridgehead atoms. The van der Waals surface area contributed by atoms with Gasteiger partial charge in [-0.15, -0.1) is 0 Å². The molecule has 0 N–H and O–H groups in total. The lowest BCUT2D eigenvalue weighted by Gasteiger charge is -2.39. The lowest BCUT2D eigenvalue weighted by atomic mass is 9.93. The van der Waals surface area contributed by atoms with Crippen LogP contribution < -0.4 is 9.64 Å². The smallest absolute Gasteiger partial charge is 0.228 e. The number of carbonyl (C=O) groups excluding carboxylic acids is 1. The second kappa shape index (κ2) is 7.38. The second-order valence-electron chi connectivity index (χ2n) is 6.45. The number of anilines is 1. The van der Waals surface area contributed by atoms with E-state index in [0.717, 1.165) is 38.2 Å². The van der Waals surface area contributed by atoms with Crippen LogP contribution in [0, 0.1) is 11.7 Å². The normalized spacial score (nSPS) is 24.8. The van der Waals surface area contributed by atoms with Crippen molar-refractivity contribution < 1.29 is 18.7 Å². The van der Waals surface area contributed by atoms with Gasteiger partial charge < -0.3 is 19.3 Å². The monoisotopic (exact) mass is 336 g/mol. The molecule has 0 aliphatic carbocycles. The molecule has 5 nitrogen and oxygen atoms in total. The molecule has 2 heterocycles. The lowest BCUT2D eigenvalue weighted by Crippen LogP contribution is -2.52. The third-order valence-electron chi connectivity index (χ3n) is 5.00. The van der Waals surface area contributed by atoms with E-state index in [0.29, 0.717) is 18.8 Å². The van der Waals surface area contributed by atoms with Crippen molar-refractivity contribution in [3.63, 3.8) is 0 Å². The summed E-state index contributed by atoms with van der Waals surface area (Å²) in [6.45, 7) is 5.51. The Kier molecular flexibility index (Phi) is 5.23. The quantitative estimate of drug-likeness (QED) is 0.849. The van der Waals surface area contributed by atoms with Crippen molar-refractivity contribution in [3.05, 3.63) is 24.0 Å². The Hall–Kier alpha value is -1.82. The first-order valence-electron chi connectivity index (χ1n) is 8.59. The van der Waals surface area contributed by atoms with E-state index in [-0.39, 0.29) is 23.7 Å². The summed E-state index contributed by atoms with van der Waals surface area (Å²) < 4.78 is 24.3. The average molecular weight is 336 g/mol. The summed E-state index contributed by atoms with van der Waals surface area (Å²) in [5.74, 6) is 0.401. The fourth-order valence-corrected chi connectivity index (χ4v) is 3.56. The van der Waals surface area contributed by atoms with Crippen LogP contribution in [-0.4, -0.2) is 56.8 Å². The number of benzene rings is 1. The van der Waals surface area contributed by atoms with E-state index in [9.17, 15) is 9.18 Å². The SMILES string of the molecule is COc1cc(F)ccc1N1CCN(C(=O)[C@@H]2CCCO[C@H]2C)CC1. The number of hydrogen-bond donors (Lipinski definition) is 0. The molecule has 1 amide bonds. The summed E-state index contributed by atoms with van der Waals surface area (Å²) >= 11 is 0. The van der Waals surface area contributed by atoms with Crippen molar-refractivity contribution in [2.45, 2.75) is 25.9 Å². The Morgan fingerprint density at radius 1 is 1.29 bits per heavy atom. The highest BCUT2D eigenvalue weighted by molar-refractivity contribution is 5.80. The van der Waals surface area contributed by atoms with Crippen molar-refractivity contribution in [1.29, 1.82) is 0 Å². The van der Waals surface area contributed by atoms with E-state index in [1.807, 2.05) is 11.8 Å². The average Bonchev–Trinajstić information content (AvgIpc) is 2.61. The van der Waals surface area contributed by atoms with Crippen LogP contribution in [0.25, 0.3) is 0 Å². The van der Waals surface area contributed by atoms with E-state index in [1.165, 1.54) is 12.1 Å². The van der Waals surface area contributed by atoms with Crippen LogP contribution in [0.1, 0.15) is 19.8 Å². The Balaban J connectivity index is 1.62. The first-order valence-corrected chi connectivity index (χ1v) is 8.59.